The van der Waals surface area contributed by atoms with Crippen LogP contribution in [0.5, 0.6) is 5.75 Å². The third-order valence-corrected chi connectivity index (χ3v) is 4.43. The van der Waals surface area contributed by atoms with Gasteiger partial charge in [0.05, 0.1) is 23.7 Å². The average Bonchev–Trinajstić information content (AvgIpc) is 3.16. The zero-order chi connectivity index (χ0) is 15.4. The van der Waals surface area contributed by atoms with E-state index in [1.54, 1.807) is 7.11 Å². The molecular weight excluding hydrogens is 284 g/mol. The SMILES string of the molecule is COc1cc2nc(-c3ccccc3)n3c4ccccc4c(c1)c23. The number of ether oxygens (including phenoxy) is 1. The van der Waals surface area contributed by atoms with E-state index in [1.165, 1.54) is 16.3 Å². The summed E-state index contributed by atoms with van der Waals surface area (Å²) >= 11 is 0. The number of benzene rings is 3. The number of hydrogen-bond donors (Lipinski definition) is 0. The van der Waals surface area contributed by atoms with E-state index < -0.39 is 0 Å². The summed E-state index contributed by atoms with van der Waals surface area (Å²) in [6, 6.07) is 22.9. The van der Waals surface area contributed by atoms with Crippen LogP contribution < -0.4 is 4.74 Å². The first kappa shape index (κ1) is 12.5. The van der Waals surface area contributed by atoms with Gasteiger partial charge in [-0.3, -0.25) is 4.40 Å². The molecule has 0 unspecified atom stereocenters. The zero-order valence-electron chi connectivity index (χ0n) is 12.7. The van der Waals surface area contributed by atoms with Gasteiger partial charge < -0.3 is 4.74 Å². The Balaban J connectivity index is 2.04. The minimum atomic E-state index is 0.841. The van der Waals surface area contributed by atoms with E-state index in [2.05, 4.69) is 46.9 Å². The molecule has 5 rings (SSSR count). The standard InChI is InChI=1S/C20H14N2O/c1-23-14-11-16-15-9-5-6-10-18(15)22-19(16)17(12-14)21-20(22)13-7-3-2-4-8-13/h2-12H,1H3. The Bertz CT molecular complexity index is 1140. The van der Waals surface area contributed by atoms with Gasteiger partial charge in [-0.1, -0.05) is 48.5 Å². The molecule has 0 aliphatic heterocycles. The average molecular weight is 298 g/mol. The minimum absolute atomic E-state index is 0.841. The largest absolute Gasteiger partial charge is 0.497 e. The Morgan fingerprint density at radius 3 is 2.48 bits per heavy atom. The van der Waals surface area contributed by atoms with Crippen molar-refractivity contribution in [1.29, 1.82) is 0 Å². The van der Waals surface area contributed by atoms with Crippen molar-refractivity contribution < 1.29 is 4.74 Å². The van der Waals surface area contributed by atoms with E-state index in [1.807, 2.05) is 24.3 Å². The van der Waals surface area contributed by atoms with Crippen molar-refractivity contribution >= 4 is 27.3 Å². The van der Waals surface area contributed by atoms with Gasteiger partial charge in [-0.05, 0) is 12.1 Å². The van der Waals surface area contributed by atoms with E-state index in [4.69, 9.17) is 9.72 Å². The molecule has 0 N–H and O–H groups in total. The van der Waals surface area contributed by atoms with Gasteiger partial charge in [-0.2, -0.15) is 0 Å². The number of nitrogens with zero attached hydrogens (tertiary/aromatic N) is 2. The fourth-order valence-electron chi connectivity index (χ4n) is 3.42. The van der Waals surface area contributed by atoms with Gasteiger partial charge in [0.1, 0.15) is 11.6 Å². The fraction of sp³-hybridized carbons (Fsp3) is 0.0500. The number of fused-ring (bicyclic) bond motifs is 3. The van der Waals surface area contributed by atoms with Crippen molar-refractivity contribution in [2.24, 2.45) is 0 Å². The van der Waals surface area contributed by atoms with Gasteiger partial charge in [0.25, 0.3) is 0 Å². The van der Waals surface area contributed by atoms with Crippen LogP contribution in [0, 0.1) is 0 Å². The Hall–Kier alpha value is -3.07. The Labute approximate surface area is 133 Å². The van der Waals surface area contributed by atoms with Crippen LogP contribution >= 0.6 is 0 Å². The maximum absolute atomic E-state index is 5.47. The summed E-state index contributed by atoms with van der Waals surface area (Å²) in [5.41, 5.74) is 4.42. The lowest BCUT2D eigenvalue weighted by molar-refractivity contribution is 0.416. The van der Waals surface area contributed by atoms with Crippen molar-refractivity contribution in [2.75, 3.05) is 7.11 Å². The molecule has 3 aromatic carbocycles. The maximum atomic E-state index is 5.47. The predicted molar refractivity (Wildman–Crippen MR) is 93.4 cm³/mol. The molecule has 5 aromatic rings. The van der Waals surface area contributed by atoms with Crippen LogP contribution in [0.1, 0.15) is 0 Å². The molecule has 0 amide bonds. The fourth-order valence-corrected chi connectivity index (χ4v) is 3.42. The molecule has 0 spiro atoms. The highest BCUT2D eigenvalue weighted by molar-refractivity contribution is 6.15. The molecule has 2 heterocycles. The quantitative estimate of drug-likeness (QED) is 0.470. The lowest BCUT2D eigenvalue weighted by atomic mass is 10.1. The summed E-state index contributed by atoms with van der Waals surface area (Å²) in [5.74, 6) is 1.81. The van der Waals surface area contributed by atoms with Crippen LogP contribution in [0.15, 0.2) is 66.7 Å². The van der Waals surface area contributed by atoms with Crippen molar-refractivity contribution in [3.05, 3.63) is 66.7 Å². The number of hydrogen-bond acceptors (Lipinski definition) is 2. The molecule has 0 fully saturated rings. The summed E-state index contributed by atoms with van der Waals surface area (Å²) in [5, 5.41) is 2.41. The molecule has 0 saturated heterocycles. The number of imidazole rings is 1. The normalized spacial score (nSPS) is 11.7. The van der Waals surface area contributed by atoms with Crippen LogP contribution in [0.25, 0.3) is 38.7 Å². The summed E-state index contributed by atoms with van der Waals surface area (Å²) in [6.07, 6.45) is 0. The maximum Gasteiger partial charge on any atom is 0.145 e. The second-order valence-corrected chi connectivity index (χ2v) is 5.70. The zero-order valence-corrected chi connectivity index (χ0v) is 12.7. The number of para-hydroxylation sites is 1. The van der Waals surface area contributed by atoms with Crippen LogP contribution in [-0.4, -0.2) is 16.5 Å². The molecule has 0 bridgehead atoms. The molecule has 3 nitrogen and oxygen atoms in total. The lowest BCUT2D eigenvalue weighted by Crippen LogP contribution is -1.87. The summed E-state index contributed by atoms with van der Waals surface area (Å²) in [6.45, 7) is 0. The molecule has 0 radical (unpaired) electrons. The molecule has 0 atom stereocenters. The van der Waals surface area contributed by atoms with Crippen molar-refractivity contribution in [2.45, 2.75) is 0 Å². The Kier molecular flexibility index (Phi) is 2.42. The van der Waals surface area contributed by atoms with Gasteiger partial charge >= 0.3 is 0 Å². The van der Waals surface area contributed by atoms with Gasteiger partial charge in [0.15, 0.2) is 0 Å². The highest BCUT2D eigenvalue weighted by Gasteiger charge is 2.19. The summed E-state index contributed by atoms with van der Waals surface area (Å²) in [4.78, 5) is 4.89. The monoisotopic (exact) mass is 298 g/mol. The number of rotatable bonds is 2. The lowest BCUT2D eigenvalue weighted by Gasteiger charge is -2.00. The molecule has 3 heteroatoms. The highest BCUT2D eigenvalue weighted by atomic mass is 16.5. The minimum Gasteiger partial charge on any atom is -0.497 e. The molecule has 23 heavy (non-hydrogen) atoms. The van der Waals surface area contributed by atoms with Crippen LogP contribution in [0.2, 0.25) is 0 Å². The van der Waals surface area contributed by atoms with Crippen LogP contribution in [-0.2, 0) is 0 Å². The summed E-state index contributed by atoms with van der Waals surface area (Å²) in [7, 11) is 1.70. The first-order valence-electron chi connectivity index (χ1n) is 7.62. The first-order chi connectivity index (χ1) is 11.4. The highest BCUT2D eigenvalue weighted by Crippen LogP contribution is 2.38. The molecule has 0 aliphatic carbocycles. The number of methoxy groups -OCH3 is 1. The topological polar surface area (TPSA) is 26.5 Å². The van der Waals surface area contributed by atoms with Crippen molar-refractivity contribution in [3.8, 4) is 17.1 Å². The van der Waals surface area contributed by atoms with Crippen molar-refractivity contribution in [1.82, 2.24) is 9.38 Å². The molecular formula is C20H14N2O. The summed E-state index contributed by atoms with van der Waals surface area (Å²) < 4.78 is 7.73. The van der Waals surface area contributed by atoms with E-state index in [9.17, 15) is 0 Å². The Morgan fingerprint density at radius 2 is 1.65 bits per heavy atom. The molecule has 0 saturated carbocycles. The van der Waals surface area contributed by atoms with Crippen molar-refractivity contribution in [3.63, 3.8) is 0 Å². The number of aromatic nitrogens is 2. The van der Waals surface area contributed by atoms with E-state index >= 15 is 0 Å². The van der Waals surface area contributed by atoms with Gasteiger partial charge in [0.2, 0.25) is 0 Å². The van der Waals surface area contributed by atoms with E-state index in [-0.39, 0.29) is 0 Å². The van der Waals surface area contributed by atoms with Gasteiger partial charge in [0, 0.05) is 22.4 Å². The van der Waals surface area contributed by atoms with Gasteiger partial charge in [-0.25, -0.2) is 4.98 Å². The smallest absolute Gasteiger partial charge is 0.145 e. The molecule has 2 aromatic heterocycles. The second kappa shape index (κ2) is 4.46. The first-order valence-corrected chi connectivity index (χ1v) is 7.62. The van der Waals surface area contributed by atoms with Crippen LogP contribution in [0.4, 0.5) is 0 Å². The van der Waals surface area contributed by atoms with Crippen LogP contribution in [0.3, 0.4) is 0 Å². The molecule has 0 aliphatic rings. The third kappa shape index (κ3) is 1.62. The second-order valence-electron chi connectivity index (χ2n) is 5.70. The van der Waals surface area contributed by atoms with E-state index in [0.29, 0.717) is 0 Å². The third-order valence-electron chi connectivity index (χ3n) is 4.43. The molecule has 110 valence electrons. The Morgan fingerprint density at radius 1 is 0.870 bits per heavy atom. The van der Waals surface area contributed by atoms with Gasteiger partial charge in [-0.15, -0.1) is 0 Å². The van der Waals surface area contributed by atoms with E-state index in [0.717, 1.165) is 28.2 Å². The predicted octanol–water partition coefficient (Wildman–Crippen LogP) is 4.75.